The second-order valence-corrected chi connectivity index (χ2v) is 8.87. The number of para-hydroxylation sites is 1. The molecule has 3 nitrogen and oxygen atoms in total. The van der Waals surface area contributed by atoms with Gasteiger partial charge >= 0.3 is 0 Å². The van der Waals surface area contributed by atoms with Gasteiger partial charge in [-0.3, -0.25) is 4.72 Å². The summed E-state index contributed by atoms with van der Waals surface area (Å²) in [6.45, 7) is 15.9. The summed E-state index contributed by atoms with van der Waals surface area (Å²) in [7, 11) is -3.66. The minimum Gasteiger partial charge on any atom is -0.279 e. The summed E-state index contributed by atoms with van der Waals surface area (Å²) in [6.07, 6.45) is 0. The van der Waals surface area contributed by atoms with E-state index in [1.807, 2.05) is 59.7 Å². The number of anilines is 1. The molecule has 0 saturated carbocycles. The maximum atomic E-state index is 13.3. The quantitative estimate of drug-likeness (QED) is 0.787. The van der Waals surface area contributed by atoms with E-state index in [1.54, 1.807) is 0 Å². The van der Waals surface area contributed by atoms with Crippen LogP contribution in [0.4, 0.5) is 5.69 Å². The van der Waals surface area contributed by atoms with Gasteiger partial charge in [0, 0.05) is 0 Å². The number of nitrogens with one attached hydrogen (secondary N) is 1. The number of hydrogen-bond donors (Lipinski definition) is 1. The number of aryl methyl sites for hydroxylation is 1. The second-order valence-electron chi connectivity index (χ2n) is 7.25. The van der Waals surface area contributed by atoms with Crippen LogP contribution >= 0.6 is 0 Å². The third-order valence-corrected chi connectivity index (χ3v) is 6.99. The molecule has 2 aromatic carbocycles. The standard InChI is InChI=1S/C21H29NO2S/c1-12(2)19-11-9-10-13(3)20(19)22-25(23,24)21-17(7)15(5)14(4)16(6)18(21)8/h9-12,22H,1-8H3. The lowest BCUT2D eigenvalue weighted by molar-refractivity contribution is 0.599. The Kier molecular flexibility index (Phi) is 5.33. The van der Waals surface area contributed by atoms with Crippen molar-refractivity contribution in [1.82, 2.24) is 0 Å². The maximum absolute atomic E-state index is 13.3. The number of sulfonamides is 1. The molecule has 25 heavy (non-hydrogen) atoms. The molecule has 0 amide bonds. The predicted molar refractivity (Wildman–Crippen MR) is 106 cm³/mol. The van der Waals surface area contributed by atoms with E-state index < -0.39 is 10.0 Å². The van der Waals surface area contributed by atoms with Crippen LogP contribution in [0.25, 0.3) is 0 Å². The third kappa shape index (κ3) is 3.45. The first-order valence-electron chi connectivity index (χ1n) is 8.68. The van der Waals surface area contributed by atoms with E-state index in [0.29, 0.717) is 10.6 Å². The molecule has 136 valence electrons. The van der Waals surface area contributed by atoms with Gasteiger partial charge in [0.05, 0.1) is 10.6 Å². The SMILES string of the molecule is Cc1cccc(C(C)C)c1NS(=O)(=O)c1c(C)c(C)c(C)c(C)c1C. The number of hydrogen-bond acceptors (Lipinski definition) is 2. The van der Waals surface area contributed by atoms with Crippen LogP contribution in [0.5, 0.6) is 0 Å². The van der Waals surface area contributed by atoms with E-state index in [9.17, 15) is 8.42 Å². The lowest BCUT2D eigenvalue weighted by Gasteiger charge is -2.22. The van der Waals surface area contributed by atoms with Gasteiger partial charge in [-0.2, -0.15) is 0 Å². The van der Waals surface area contributed by atoms with Crippen molar-refractivity contribution >= 4 is 15.7 Å². The molecule has 0 aliphatic rings. The summed E-state index contributed by atoms with van der Waals surface area (Å²) in [4.78, 5) is 0.408. The first kappa shape index (κ1) is 19.5. The molecule has 4 heteroatoms. The van der Waals surface area contributed by atoms with E-state index in [-0.39, 0.29) is 5.92 Å². The van der Waals surface area contributed by atoms with Crippen LogP contribution in [-0.2, 0) is 10.0 Å². The fourth-order valence-electron chi connectivity index (χ4n) is 3.37. The lowest BCUT2D eigenvalue weighted by Crippen LogP contribution is -2.19. The predicted octanol–water partition coefficient (Wildman–Crippen LogP) is 5.46. The van der Waals surface area contributed by atoms with Gasteiger partial charge in [0.2, 0.25) is 0 Å². The average Bonchev–Trinajstić information content (AvgIpc) is 2.52. The molecule has 0 fully saturated rings. The first-order valence-corrected chi connectivity index (χ1v) is 10.2. The Bertz CT molecular complexity index is 896. The Hall–Kier alpha value is -1.81. The molecule has 0 saturated heterocycles. The monoisotopic (exact) mass is 359 g/mol. The molecule has 0 spiro atoms. The summed E-state index contributed by atoms with van der Waals surface area (Å²) in [5.41, 5.74) is 7.54. The summed E-state index contributed by atoms with van der Waals surface area (Å²) >= 11 is 0. The normalized spacial score (nSPS) is 11.9. The summed E-state index contributed by atoms with van der Waals surface area (Å²) in [5, 5.41) is 0. The average molecular weight is 360 g/mol. The van der Waals surface area contributed by atoms with Crippen LogP contribution in [0.3, 0.4) is 0 Å². The second kappa shape index (κ2) is 6.83. The van der Waals surface area contributed by atoms with E-state index in [1.165, 1.54) is 0 Å². The van der Waals surface area contributed by atoms with Crippen molar-refractivity contribution in [2.45, 2.75) is 66.2 Å². The Balaban J connectivity index is 2.68. The number of benzene rings is 2. The first-order chi connectivity index (χ1) is 11.5. The molecule has 0 aliphatic carbocycles. The van der Waals surface area contributed by atoms with Gasteiger partial charge < -0.3 is 0 Å². The van der Waals surface area contributed by atoms with Crippen molar-refractivity contribution in [2.24, 2.45) is 0 Å². The Morgan fingerprint density at radius 3 is 1.76 bits per heavy atom. The fourth-order valence-corrected chi connectivity index (χ4v) is 5.13. The highest BCUT2D eigenvalue weighted by molar-refractivity contribution is 7.92. The molecule has 0 unspecified atom stereocenters. The highest BCUT2D eigenvalue weighted by Gasteiger charge is 2.25. The summed E-state index contributed by atoms with van der Waals surface area (Å²) < 4.78 is 29.4. The van der Waals surface area contributed by atoms with E-state index >= 15 is 0 Å². The highest BCUT2D eigenvalue weighted by atomic mass is 32.2. The van der Waals surface area contributed by atoms with Crippen molar-refractivity contribution in [3.63, 3.8) is 0 Å². The molecule has 0 radical (unpaired) electrons. The molecule has 2 aromatic rings. The van der Waals surface area contributed by atoms with Gasteiger partial charge in [-0.1, -0.05) is 32.0 Å². The van der Waals surface area contributed by atoms with Crippen LogP contribution in [0.1, 0.15) is 58.7 Å². The molecule has 2 rings (SSSR count). The molecule has 0 bridgehead atoms. The van der Waals surface area contributed by atoms with Gasteiger partial charge in [-0.25, -0.2) is 8.42 Å². The molecular formula is C21H29NO2S. The molecule has 1 N–H and O–H groups in total. The van der Waals surface area contributed by atoms with E-state index in [0.717, 1.165) is 38.9 Å². The largest absolute Gasteiger partial charge is 0.279 e. The Labute approximate surface area is 152 Å². The number of rotatable bonds is 4. The van der Waals surface area contributed by atoms with Crippen molar-refractivity contribution < 1.29 is 8.42 Å². The van der Waals surface area contributed by atoms with Crippen molar-refractivity contribution in [3.8, 4) is 0 Å². The van der Waals surface area contributed by atoms with Crippen molar-refractivity contribution in [2.75, 3.05) is 4.72 Å². The van der Waals surface area contributed by atoms with Gasteiger partial charge in [0.1, 0.15) is 0 Å². The van der Waals surface area contributed by atoms with Crippen LogP contribution in [0.15, 0.2) is 23.1 Å². The van der Waals surface area contributed by atoms with Gasteiger partial charge in [0.25, 0.3) is 10.0 Å². The fraction of sp³-hybridized carbons (Fsp3) is 0.429. The zero-order chi connectivity index (χ0) is 19.1. The maximum Gasteiger partial charge on any atom is 0.262 e. The van der Waals surface area contributed by atoms with Gasteiger partial charge in [0.15, 0.2) is 0 Å². The highest BCUT2D eigenvalue weighted by Crippen LogP contribution is 2.33. The minimum absolute atomic E-state index is 0.237. The van der Waals surface area contributed by atoms with E-state index in [4.69, 9.17) is 0 Å². The van der Waals surface area contributed by atoms with Gasteiger partial charge in [-0.15, -0.1) is 0 Å². The third-order valence-electron chi connectivity index (χ3n) is 5.36. The Morgan fingerprint density at radius 1 is 0.800 bits per heavy atom. The van der Waals surface area contributed by atoms with Crippen LogP contribution in [-0.4, -0.2) is 8.42 Å². The zero-order valence-corrected chi connectivity index (χ0v) is 17.4. The molecule has 0 aliphatic heterocycles. The topological polar surface area (TPSA) is 46.2 Å². The van der Waals surface area contributed by atoms with Gasteiger partial charge in [-0.05, 0) is 86.4 Å². The lowest BCUT2D eigenvalue weighted by atomic mass is 9.95. The summed E-state index contributed by atoms with van der Waals surface area (Å²) in [5.74, 6) is 0.237. The summed E-state index contributed by atoms with van der Waals surface area (Å²) in [6, 6.07) is 5.90. The van der Waals surface area contributed by atoms with E-state index in [2.05, 4.69) is 18.6 Å². The van der Waals surface area contributed by atoms with Crippen LogP contribution in [0, 0.1) is 41.5 Å². The van der Waals surface area contributed by atoms with Crippen molar-refractivity contribution in [1.29, 1.82) is 0 Å². The zero-order valence-electron chi connectivity index (χ0n) is 16.5. The smallest absolute Gasteiger partial charge is 0.262 e. The Morgan fingerprint density at radius 2 is 1.28 bits per heavy atom. The van der Waals surface area contributed by atoms with Crippen LogP contribution in [0.2, 0.25) is 0 Å². The van der Waals surface area contributed by atoms with Crippen molar-refractivity contribution in [3.05, 3.63) is 57.1 Å². The van der Waals surface area contributed by atoms with Crippen LogP contribution < -0.4 is 4.72 Å². The molecule has 0 heterocycles. The molecular weight excluding hydrogens is 330 g/mol. The minimum atomic E-state index is -3.66. The molecule has 0 aromatic heterocycles. The molecule has 0 atom stereocenters.